The molecule has 0 aliphatic rings. The van der Waals surface area contributed by atoms with E-state index >= 15 is 0 Å². The molecule has 0 aromatic heterocycles. The number of carbonyl (C=O) groups excluding carboxylic acids is 2. The molecule has 0 heterocycles. The van der Waals surface area contributed by atoms with Gasteiger partial charge in [-0.1, -0.05) is 18.2 Å². The van der Waals surface area contributed by atoms with Crippen molar-refractivity contribution in [3.63, 3.8) is 0 Å². The van der Waals surface area contributed by atoms with Crippen LogP contribution in [0.15, 0.2) is 59.5 Å². The first kappa shape index (κ1) is 21.4. The molecule has 2 N–H and O–H groups in total. The number of nitrogens with one attached hydrogen (secondary N) is 2. The molecule has 0 bridgehead atoms. The molecule has 0 unspecified atom stereocenters. The van der Waals surface area contributed by atoms with E-state index in [9.17, 15) is 18.0 Å². The van der Waals surface area contributed by atoms with Crippen LogP contribution in [0.4, 0.5) is 5.69 Å². The maximum absolute atomic E-state index is 12.1. The van der Waals surface area contributed by atoms with Crippen LogP contribution in [0.3, 0.4) is 0 Å². The van der Waals surface area contributed by atoms with Gasteiger partial charge >= 0.3 is 5.97 Å². The highest BCUT2D eigenvalue weighted by Crippen LogP contribution is 2.16. The fourth-order valence-electron chi connectivity index (χ4n) is 2.17. The zero-order valence-corrected chi connectivity index (χ0v) is 16.4. The predicted molar refractivity (Wildman–Crippen MR) is 103 cm³/mol. The van der Waals surface area contributed by atoms with E-state index in [1.165, 1.54) is 19.1 Å². The Morgan fingerprint density at radius 1 is 1.04 bits per heavy atom. The summed E-state index contributed by atoms with van der Waals surface area (Å²) < 4.78 is 36.6. The third kappa shape index (κ3) is 6.36. The molecule has 2 aromatic rings. The van der Waals surface area contributed by atoms with Crippen LogP contribution in [0.5, 0.6) is 5.75 Å². The monoisotopic (exact) mass is 406 g/mol. The second-order valence-corrected chi connectivity index (χ2v) is 7.48. The molecule has 0 fully saturated rings. The van der Waals surface area contributed by atoms with Gasteiger partial charge in [-0.15, -0.1) is 0 Å². The van der Waals surface area contributed by atoms with Gasteiger partial charge in [0, 0.05) is 5.69 Å². The van der Waals surface area contributed by atoms with Crippen molar-refractivity contribution < 1.29 is 27.5 Å². The Morgan fingerprint density at radius 3 is 2.29 bits per heavy atom. The summed E-state index contributed by atoms with van der Waals surface area (Å²) >= 11 is 0. The van der Waals surface area contributed by atoms with E-state index in [2.05, 4.69) is 10.0 Å². The quantitative estimate of drug-likeness (QED) is 0.616. The van der Waals surface area contributed by atoms with E-state index in [1.54, 1.807) is 42.5 Å². The highest BCUT2D eigenvalue weighted by atomic mass is 32.2. The molecular formula is C19H22N2O6S. The summed E-state index contributed by atoms with van der Waals surface area (Å²) in [6.07, 6.45) is -1.10. The van der Waals surface area contributed by atoms with Crippen LogP contribution >= 0.6 is 0 Å². The number of amides is 1. The Labute approximate surface area is 163 Å². The zero-order valence-electron chi connectivity index (χ0n) is 15.5. The van der Waals surface area contributed by atoms with Gasteiger partial charge in [0.2, 0.25) is 10.0 Å². The molecule has 2 rings (SSSR count). The SMILES string of the molecule is CCOc1ccc(NC(=O)[C@@H](C)OC(=O)CNS(=O)(=O)c2ccccc2)cc1. The third-order valence-corrected chi connectivity index (χ3v) is 4.99. The van der Waals surface area contributed by atoms with E-state index in [-0.39, 0.29) is 4.90 Å². The van der Waals surface area contributed by atoms with Gasteiger partial charge in [0.05, 0.1) is 11.5 Å². The molecule has 1 amide bonds. The normalized spacial score (nSPS) is 12.1. The summed E-state index contributed by atoms with van der Waals surface area (Å²) in [5, 5.41) is 2.60. The molecule has 9 heteroatoms. The van der Waals surface area contributed by atoms with Crippen LogP contribution in [0.1, 0.15) is 13.8 Å². The van der Waals surface area contributed by atoms with Gasteiger partial charge in [-0.2, -0.15) is 4.72 Å². The first-order valence-corrected chi connectivity index (χ1v) is 10.1. The van der Waals surface area contributed by atoms with Gasteiger partial charge < -0.3 is 14.8 Å². The predicted octanol–water partition coefficient (Wildman–Crippen LogP) is 1.93. The largest absolute Gasteiger partial charge is 0.494 e. The molecule has 0 saturated carbocycles. The number of rotatable bonds is 9. The Balaban J connectivity index is 1.83. The van der Waals surface area contributed by atoms with Crippen LogP contribution < -0.4 is 14.8 Å². The molecular weight excluding hydrogens is 384 g/mol. The second kappa shape index (κ2) is 9.86. The number of hydrogen-bond donors (Lipinski definition) is 2. The highest BCUT2D eigenvalue weighted by molar-refractivity contribution is 7.89. The van der Waals surface area contributed by atoms with Crippen molar-refractivity contribution >= 4 is 27.6 Å². The van der Waals surface area contributed by atoms with Crippen LogP contribution in [0.2, 0.25) is 0 Å². The molecule has 0 spiro atoms. The van der Waals surface area contributed by atoms with Crippen molar-refractivity contribution in [3.8, 4) is 5.75 Å². The molecule has 8 nitrogen and oxygen atoms in total. The lowest BCUT2D eigenvalue weighted by molar-refractivity contribution is -0.151. The molecule has 0 saturated heterocycles. The van der Waals surface area contributed by atoms with Gasteiger partial charge in [-0.25, -0.2) is 8.42 Å². The van der Waals surface area contributed by atoms with Gasteiger partial charge in [0.15, 0.2) is 6.10 Å². The minimum Gasteiger partial charge on any atom is -0.494 e. The maximum Gasteiger partial charge on any atom is 0.321 e. The molecule has 0 radical (unpaired) electrons. The van der Waals surface area contributed by atoms with Gasteiger partial charge in [0.25, 0.3) is 5.91 Å². The molecule has 150 valence electrons. The summed E-state index contributed by atoms with van der Waals surface area (Å²) in [7, 11) is -3.83. The Kier molecular flexibility index (Phi) is 7.53. The Morgan fingerprint density at radius 2 is 1.68 bits per heavy atom. The number of carbonyl (C=O) groups is 2. The van der Waals surface area contributed by atoms with E-state index < -0.39 is 34.5 Å². The lowest BCUT2D eigenvalue weighted by Gasteiger charge is -2.14. The average molecular weight is 406 g/mol. The van der Waals surface area contributed by atoms with Crippen LogP contribution in [-0.2, 0) is 24.3 Å². The smallest absolute Gasteiger partial charge is 0.321 e. The third-order valence-electron chi connectivity index (χ3n) is 3.57. The lowest BCUT2D eigenvalue weighted by atomic mass is 10.3. The average Bonchev–Trinajstić information content (AvgIpc) is 2.69. The first-order valence-electron chi connectivity index (χ1n) is 8.59. The van der Waals surface area contributed by atoms with E-state index in [0.717, 1.165) is 0 Å². The minimum atomic E-state index is -3.83. The maximum atomic E-state index is 12.1. The van der Waals surface area contributed by atoms with E-state index in [1.807, 2.05) is 6.92 Å². The van der Waals surface area contributed by atoms with Crippen molar-refractivity contribution in [2.24, 2.45) is 0 Å². The standard InChI is InChI=1S/C19H22N2O6S/c1-3-26-16-11-9-15(10-12-16)21-19(23)14(2)27-18(22)13-20-28(24,25)17-7-5-4-6-8-17/h4-12,14,20H,3,13H2,1-2H3,(H,21,23)/t14-/m1/s1. The van der Waals surface area contributed by atoms with Crippen molar-refractivity contribution in [2.75, 3.05) is 18.5 Å². The van der Waals surface area contributed by atoms with Gasteiger partial charge in [-0.05, 0) is 50.2 Å². The number of hydrogen-bond acceptors (Lipinski definition) is 6. The molecule has 0 aliphatic carbocycles. The fraction of sp³-hybridized carbons (Fsp3) is 0.263. The molecule has 2 aromatic carbocycles. The van der Waals surface area contributed by atoms with Crippen LogP contribution in [0, 0.1) is 0 Å². The number of benzene rings is 2. The number of sulfonamides is 1. The Hall–Kier alpha value is -2.91. The Bertz CT molecular complexity index is 898. The van der Waals surface area contributed by atoms with E-state index in [4.69, 9.17) is 9.47 Å². The van der Waals surface area contributed by atoms with Crippen molar-refractivity contribution in [1.82, 2.24) is 4.72 Å². The highest BCUT2D eigenvalue weighted by Gasteiger charge is 2.20. The molecule has 28 heavy (non-hydrogen) atoms. The summed E-state index contributed by atoms with van der Waals surface area (Å²) in [4.78, 5) is 24.0. The number of anilines is 1. The topological polar surface area (TPSA) is 111 Å². The van der Waals surface area contributed by atoms with Crippen LogP contribution in [0.25, 0.3) is 0 Å². The van der Waals surface area contributed by atoms with Gasteiger partial charge in [-0.3, -0.25) is 9.59 Å². The van der Waals surface area contributed by atoms with Crippen molar-refractivity contribution in [1.29, 1.82) is 0 Å². The number of esters is 1. The molecule has 1 atom stereocenters. The summed E-state index contributed by atoms with van der Waals surface area (Å²) in [5.41, 5.74) is 0.515. The summed E-state index contributed by atoms with van der Waals surface area (Å²) in [6.45, 7) is 3.21. The van der Waals surface area contributed by atoms with Crippen LogP contribution in [-0.4, -0.2) is 39.5 Å². The summed E-state index contributed by atoms with van der Waals surface area (Å²) in [5.74, 6) is -0.733. The second-order valence-electron chi connectivity index (χ2n) is 5.72. The first-order chi connectivity index (χ1) is 13.3. The van der Waals surface area contributed by atoms with Crippen molar-refractivity contribution in [2.45, 2.75) is 24.8 Å². The zero-order chi connectivity index (χ0) is 20.6. The molecule has 0 aliphatic heterocycles. The van der Waals surface area contributed by atoms with Crippen molar-refractivity contribution in [3.05, 3.63) is 54.6 Å². The fourth-order valence-corrected chi connectivity index (χ4v) is 3.16. The number of ether oxygens (including phenoxy) is 2. The lowest BCUT2D eigenvalue weighted by Crippen LogP contribution is -2.35. The summed E-state index contributed by atoms with van der Waals surface area (Å²) in [6, 6.07) is 14.3. The van der Waals surface area contributed by atoms with E-state index in [0.29, 0.717) is 18.0 Å². The van der Waals surface area contributed by atoms with Gasteiger partial charge in [0.1, 0.15) is 12.3 Å². The minimum absolute atomic E-state index is 0.0316.